The number of benzene rings is 1. The Labute approximate surface area is 164 Å². The summed E-state index contributed by atoms with van der Waals surface area (Å²) in [5.74, 6) is -0.143. The highest BCUT2D eigenvalue weighted by Crippen LogP contribution is 2.16. The van der Waals surface area contributed by atoms with E-state index >= 15 is 0 Å². The van der Waals surface area contributed by atoms with Crippen LogP contribution in [0.25, 0.3) is 0 Å². The number of ether oxygens (including phenoxy) is 2. The Balaban J connectivity index is 1.39. The molecule has 3 rings (SSSR count). The highest BCUT2D eigenvalue weighted by molar-refractivity contribution is 5.94. The summed E-state index contributed by atoms with van der Waals surface area (Å²) >= 11 is 0. The quantitative estimate of drug-likeness (QED) is 0.785. The Kier molecular flexibility index (Phi) is 7.08. The van der Waals surface area contributed by atoms with E-state index in [2.05, 4.69) is 17.5 Å². The van der Waals surface area contributed by atoms with Crippen molar-refractivity contribution in [2.75, 3.05) is 32.8 Å². The van der Waals surface area contributed by atoms with Crippen molar-refractivity contribution in [2.45, 2.75) is 25.4 Å². The predicted octanol–water partition coefficient (Wildman–Crippen LogP) is 2.63. The topological polar surface area (TPSA) is 88.1 Å². The molecule has 2 aliphatic rings. The van der Waals surface area contributed by atoms with Crippen molar-refractivity contribution >= 4 is 12.0 Å². The van der Waals surface area contributed by atoms with E-state index in [0.717, 1.165) is 19.3 Å². The average Bonchev–Trinajstić information content (AvgIpc) is 2.73. The summed E-state index contributed by atoms with van der Waals surface area (Å²) in [5, 5.41) is 12.1. The first-order valence-electron chi connectivity index (χ1n) is 9.57. The molecule has 150 valence electrons. The van der Waals surface area contributed by atoms with Crippen LogP contribution in [-0.2, 0) is 9.47 Å². The molecular formula is C21H26N2O5. The number of allylic oxidation sites excluding steroid dienone is 3. The van der Waals surface area contributed by atoms with Gasteiger partial charge < -0.3 is 24.8 Å². The maximum Gasteiger partial charge on any atom is 0.409 e. The van der Waals surface area contributed by atoms with Crippen molar-refractivity contribution < 1.29 is 24.2 Å². The van der Waals surface area contributed by atoms with Crippen LogP contribution < -0.4 is 5.32 Å². The number of aromatic hydroxyl groups is 1. The maximum absolute atomic E-state index is 12.3. The number of nitrogens with one attached hydrogen (secondary N) is 1. The standard InChI is InChI=1S/C21H26N2O5/c24-18-8-6-17(7-9-18)20(25)22-14-19-15-23(11-13-27-19)21(26)28-12-10-16-4-2-1-3-5-16/h1-2,4,6-9,19,24H,3,5,10-15H2,(H,22,25). The molecule has 1 saturated heterocycles. The molecule has 1 fully saturated rings. The summed E-state index contributed by atoms with van der Waals surface area (Å²) in [7, 11) is 0. The number of nitrogens with zero attached hydrogens (tertiary/aromatic N) is 1. The van der Waals surface area contributed by atoms with Gasteiger partial charge in [0.15, 0.2) is 0 Å². The Morgan fingerprint density at radius 3 is 2.86 bits per heavy atom. The van der Waals surface area contributed by atoms with Crippen LogP contribution in [-0.4, -0.2) is 61.0 Å². The normalized spacial score (nSPS) is 19.1. The third-order valence-corrected chi connectivity index (χ3v) is 4.77. The van der Waals surface area contributed by atoms with E-state index in [1.165, 1.54) is 17.7 Å². The first-order valence-corrected chi connectivity index (χ1v) is 9.57. The van der Waals surface area contributed by atoms with Crippen molar-refractivity contribution in [2.24, 2.45) is 0 Å². The van der Waals surface area contributed by atoms with Crippen molar-refractivity contribution in [1.29, 1.82) is 0 Å². The van der Waals surface area contributed by atoms with Crippen LogP contribution >= 0.6 is 0 Å². The van der Waals surface area contributed by atoms with Gasteiger partial charge in [0.2, 0.25) is 0 Å². The number of hydrogen-bond acceptors (Lipinski definition) is 5. The number of morpholine rings is 1. The number of phenolic OH excluding ortho intramolecular Hbond substituents is 1. The number of hydrogen-bond donors (Lipinski definition) is 2. The molecule has 1 unspecified atom stereocenters. The molecule has 0 radical (unpaired) electrons. The molecule has 0 bridgehead atoms. The highest BCUT2D eigenvalue weighted by atomic mass is 16.6. The van der Waals surface area contributed by atoms with Gasteiger partial charge >= 0.3 is 6.09 Å². The zero-order valence-electron chi connectivity index (χ0n) is 15.8. The van der Waals surface area contributed by atoms with E-state index < -0.39 is 0 Å². The van der Waals surface area contributed by atoms with Crippen LogP contribution in [0.5, 0.6) is 5.75 Å². The molecule has 1 aliphatic carbocycles. The van der Waals surface area contributed by atoms with Crippen LogP contribution in [0, 0.1) is 0 Å². The summed E-state index contributed by atoms with van der Waals surface area (Å²) in [4.78, 5) is 26.0. The minimum absolute atomic E-state index is 0.109. The van der Waals surface area contributed by atoms with E-state index in [9.17, 15) is 14.7 Å². The molecule has 7 heteroatoms. The first-order chi connectivity index (χ1) is 13.6. The third kappa shape index (κ3) is 5.85. The van der Waals surface area contributed by atoms with E-state index in [1.54, 1.807) is 17.0 Å². The van der Waals surface area contributed by atoms with Gasteiger partial charge in [0.05, 0.1) is 25.9 Å². The largest absolute Gasteiger partial charge is 0.508 e. The summed E-state index contributed by atoms with van der Waals surface area (Å²) < 4.78 is 11.0. The fourth-order valence-electron chi connectivity index (χ4n) is 3.15. The van der Waals surface area contributed by atoms with Gasteiger partial charge in [-0.25, -0.2) is 4.79 Å². The second-order valence-electron chi connectivity index (χ2n) is 6.85. The third-order valence-electron chi connectivity index (χ3n) is 4.77. The van der Waals surface area contributed by atoms with Gasteiger partial charge in [0, 0.05) is 25.1 Å². The lowest BCUT2D eigenvalue weighted by Gasteiger charge is -2.32. The van der Waals surface area contributed by atoms with Gasteiger partial charge in [-0.15, -0.1) is 0 Å². The number of carbonyl (C=O) groups is 2. The fraction of sp³-hybridized carbons (Fsp3) is 0.429. The van der Waals surface area contributed by atoms with Gasteiger partial charge in [-0.1, -0.05) is 23.8 Å². The molecule has 0 spiro atoms. The van der Waals surface area contributed by atoms with Gasteiger partial charge in [0.1, 0.15) is 5.75 Å². The smallest absolute Gasteiger partial charge is 0.409 e. The van der Waals surface area contributed by atoms with Crippen LogP contribution in [0.4, 0.5) is 4.79 Å². The Bertz CT molecular complexity index is 742. The number of amides is 2. The van der Waals surface area contributed by atoms with E-state index in [-0.39, 0.29) is 23.9 Å². The van der Waals surface area contributed by atoms with Gasteiger partial charge in [-0.3, -0.25) is 4.79 Å². The predicted molar refractivity (Wildman–Crippen MR) is 104 cm³/mol. The molecular weight excluding hydrogens is 360 g/mol. The average molecular weight is 386 g/mol. The zero-order valence-corrected chi connectivity index (χ0v) is 15.8. The Morgan fingerprint density at radius 1 is 1.29 bits per heavy atom. The molecule has 1 aromatic carbocycles. The monoisotopic (exact) mass is 386 g/mol. The highest BCUT2D eigenvalue weighted by Gasteiger charge is 2.25. The Morgan fingerprint density at radius 2 is 2.11 bits per heavy atom. The van der Waals surface area contributed by atoms with Gasteiger partial charge in [0.25, 0.3) is 5.91 Å². The second kappa shape index (κ2) is 9.94. The number of carbonyl (C=O) groups excluding carboxylic acids is 2. The summed E-state index contributed by atoms with van der Waals surface area (Å²) in [6.45, 7) is 1.93. The minimum atomic E-state index is -0.342. The molecule has 7 nitrogen and oxygen atoms in total. The molecule has 1 aromatic rings. The number of rotatable bonds is 6. The molecule has 0 aromatic heterocycles. The molecule has 2 N–H and O–H groups in total. The maximum atomic E-state index is 12.3. The van der Waals surface area contributed by atoms with Crippen molar-refractivity contribution in [3.8, 4) is 5.75 Å². The molecule has 1 heterocycles. The van der Waals surface area contributed by atoms with Crippen LogP contribution in [0.3, 0.4) is 0 Å². The molecule has 2 amide bonds. The molecule has 1 aliphatic heterocycles. The van der Waals surface area contributed by atoms with Crippen LogP contribution in [0.15, 0.2) is 48.1 Å². The summed E-state index contributed by atoms with van der Waals surface area (Å²) in [6, 6.07) is 6.02. The molecule has 0 saturated carbocycles. The van der Waals surface area contributed by atoms with Crippen molar-refractivity contribution in [3.05, 3.63) is 53.6 Å². The van der Waals surface area contributed by atoms with Crippen LogP contribution in [0.2, 0.25) is 0 Å². The lowest BCUT2D eigenvalue weighted by Crippen LogP contribution is -2.49. The Hall–Kier alpha value is -2.80. The van der Waals surface area contributed by atoms with Crippen molar-refractivity contribution in [3.63, 3.8) is 0 Å². The van der Waals surface area contributed by atoms with E-state index in [0.29, 0.717) is 38.4 Å². The lowest BCUT2D eigenvalue weighted by molar-refractivity contribution is -0.0252. The molecule has 1 atom stereocenters. The van der Waals surface area contributed by atoms with E-state index in [1.807, 2.05) is 6.08 Å². The molecule has 28 heavy (non-hydrogen) atoms. The second-order valence-corrected chi connectivity index (χ2v) is 6.85. The minimum Gasteiger partial charge on any atom is -0.508 e. The van der Waals surface area contributed by atoms with Gasteiger partial charge in [-0.2, -0.15) is 0 Å². The first kappa shape index (κ1) is 19.9. The fourth-order valence-corrected chi connectivity index (χ4v) is 3.15. The van der Waals surface area contributed by atoms with Gasteiger partial charge in [-0.05, 0) is 37.1 Å². The van der Waals surface area contributed by atoms with E-state index in [4.69, 9.17) is 9.47 Å². The van der Waals surface area contributed by atoms with Crippen LogP contribution in [0.1, 0.15) is 29.6 Å². The lowest BCUT2D eigenvalue weighted by atomic mass is 10.0. The summed E-state index contributed by atoms with van der Waals surface area (Å²) in [6.07, 6.45) is 8.45. The number of phenols is 1. The zero-order chi connectivity index (χ0) is 19.8. The van der Waals surface area contributed by atoms with Crippen molar-refractivity contribution in [1.82, 2.24) is 10.2 Å². The SMILES string of the molecule is O=C(NCC1CN(C(=O)OCCC2=CC=CCC2)CCO1)c1ccc(O)cc1. The summed E-state index contributed by atoms with van der Waals surface area (Å²) in [5.41, 5.74) is 1.75.